The number of esters is 1. The van der Waals surface area contributed by atoms with Crippen LogP contribution >= 0.6 is 34.5 Å². The Kier molecular flexibility index (Phi) is 6.55. The Labute approximate surface area is 222 Å². The predicted octanol–water partition coefficient (Wildman–Crippen LogP) is 5.90. The summed E-state index contributed by atoms with van der Waals surface area (Å²) >= 11 is 13.9. The second-order valence-electron chi connectivity index (χ2n) is 8.52. The first-order valence-corrected chi connectivity index (χ1v) is 12.9. The van der Waals surface area contributed by atoms with Crippen LogP contribution in [0.1, 0.15) is 39.3 Å². The van der Waals surface area contributed by atoms with Gasteiger partial charge >= 0.3 is 5.97 Å². The number of nitrogens with zero attached hydrogens (tertiary/aromatic N) is 2. The molecule has 3 heterocycles. The number of rotatable bonds is 5. The highest BCUT2D eigenvalue weighted by atomic mass is 35.5. The van der Waals surface area contributed by atoms with Crippen LogP contribution in [0.5, 0.6) is 0 Å². The van der Waals surface area contributed by atoms with Gasteiger partial charge in [-0.15, -0.1) is 11.3 Å². The largest absolute Gasteiger partial charge is 0.462 e. The number of aryl methyl sites for hydroxylation is 1. The second-order valence-corrected chi connectivity index (χ2v) is 10.6. The van der Waals surface area contributed by atoms with Gasteiger partial charge in [0.05, 0.1) is 23.9 Å². The van der Waals surface area contributed by atoms with E-state index in [0.29, 0.717) is 26.9 Å². The average Bonchev–Trinajstić information content (AvgIpc) is 3.45. The Hall–Kier alpha value is -2.91. The molecular formula is C26H22Cl2N2O5S. The van der Waals surface area contributed by atoms with Crippen LogP contribution in [0.25, 0.3) is 0 Å². The molecule has 36 heavy (non-hydrogen) atoms. The smallest absolute Gasteiger partial charge is 0.341 e. The van der Waals surface area contributed by atoms with E-state index in [0.717, 1.165) is 9.78 Å². The van der Waals surface area contributed by atoms with Crippen LogP contribution in [0.3, 0.4) is 0 Å². The van der Waals surface area contributed by atoms with Crippen molar-refractivity contribution in [2.45, 2.75) is 32.9 Å². The number of carbonyl (C=O) groups is 3. The molecule has 2 saturated heterocycles. The van der Waals surface area contributed by atoms with Gasteiger partial charge in [-0.05, 0) is 56.2 Å². The summed E-state index contributed by atoms with van der Waals surface area (Å²) in [7, 11) is 0. The minimum absolute atomic E-state index is 0.173. The van der Waals surface area contributed by atoms with Crippen LogP contribution in [0.2, 0.25) is 10.0 Å². The van der Waals surface area contributed by atoms with E-state index in [1.807, 2.05) is 37.3 Å². The minimum Gasteiger partial charge on any atom is -0.462 e. The number of halogens is 2. The van der Waals surface area contributed by atoms with Crippen molar-refractivity contribution in [3.8, 4) is 0 Å². The number of anilines is 2. The Morgan fingerprint density at radius 3 is 2.47 bits per heavy atom. The molecule has 2 amide bonds. The molecule has 2 aliphatic heterocycles. The quantitative estimate of drug-likeness (QED) is 0.294. The van der Waals surface area contributed by atoms with E-state index in [4.69, 9.17) is 32.8 Å². The van der Waals surface area contributed by atoms with Crippen LogP contribution < -0.4 is 9.96 Å². The van der Waals surface area contributed by atoms with Gasteiger partial charge in [0, 0.05) is 14.9 Å². The van der Waals surface area contributed by atoms with E-state index in [1.54, 1.807) is 37.1 Å². The summed E-state index contributed by atoms with van der Waals surface area (Å²) in [6.07, 6.45) is -1.09. The molecule has 5 rings (SSSR count). The summed E-state index contributed by atoms with van der Waals surface area (Å²) in [5, 5.41) is 2.62. The van der Waals surface area contributed by atoms with E-state index < -0.39 is 35.8 Å². The number of hydroxylamine groups is 1. The van der Waals surface area contributed by atoms with Crippen LogP contribution in [0.15, 0.2) is 48.5 Å². The third-order valence-electron chi connectivity index (χ3n) is 6.46. The summed E-state index contributed by atoms with van der Waals surface area (Å²) < 4.78 is 5.23. The van der Waals surface area contributed by atoms with Crippen LogP contribution in [-0.2, 0) is 19.2 Å². The highest BCUT2D eigenvalue weighted by molar-refractivity contribution is 7.17. The van der Waals surface area contributed by atoms with E-state index in [2.05, 4.69) is 0 Å². The lowest BCUT2D eigenvalue weighted by Crippen LogP contribution is -2.37. The van der Waals surface area contributed by atoms with Crippen LogP contribution in [0, 0.1) is 19.8 Å². The van der Waals surface area contributed by atoms with Crippen molar-refractivity contribution in [2.24, 2.45) is 5.92 Å². The Morgan fingerprint density at radius 1 is 1.08 bits per heavy atom. The van der Waals surface area contributed by atoms with Gasteiger partial charge in [-0.2, -0.15) is 0 Å². The SMILES string of the molecule is CCOC(=O)c1c(N2C(=O)[C@@H]3[C@H](ON(c4ccccc4)[C@@H]3c3ccc(Cl)cc3Cl)C2=O)sc(C)c1C. The van der Waals surface area contributed by atoms with Crippen molar-refractivity contribution >= 4 is 63.0 Å². The van der Waals surface area contributed by atoms with Crippen molar-refractivity contribution in [2.75, 3.05) is 16.6 Å². The van der Waals surface area contributed by atoms with Crippen molar-refractivity contribution in [3.63, 3.8) is 0 Å². The molecule has 186 valence electrons. The maximum atomic E-state index is 14.0. The number of ether oxygens (including phenoxy) is 1. The van der Waals surface area contributed by atoms with Gasteiger partial charge in [-0.1, -0.05) is 47.5 Å². The van der Waals surface area contributed by atoms with E-state index in [-0.39, 0.29) is 17.2 Å². The number of para-hydroxylation sites is 1. The minimum atomic E-state index is -1.09. The molecule has 0 aliphatic carbocycles. The molecule has 1 aromatic heterocycles. The van der Waals surface area contributed by atoms with E-state index in [9.17, 15) is 14.4 Å². The molecule has 0 saturated carbocycles. The monoisotopic (exact) mass is 544 g/mol. The molecule has 7 nitrogen and oxygen atoms in total. The van der Waals surface area contributed by atoms with Gasteiger partial charge in [0.15, 0.2) is 6.10 Å². The topological polar surface area (TPSA) is 76.2 Å². The van der Waals surface area contributed by atoms with Gasteiger partial charge in [0.1, 0.15) is 10.9 Å². The second kappa shape index (κ2) is 9.52. The van der Waals surface area contributed by atoms with E-state index in [1.165, 1.54) is 11.3 Å². The number of fused-ring (bicyclic) bond motifs is 1. The first-order chi connectivity index (χ1) is 17.2. The van der Waals surface area contributed by atoms with Crippen LogP contribution in [0.4, 0.5) is 10.7 Å². The van der Waals surface area contributed by atoms with Crippen molar-refractivity contribution < 1.29 is 24.0 Å². The number of hydrogen-bond acceptors (Lipinski definition) is 7. The van der Waals surface area contributed by atoms with Crippen molar-refractivity contribution in [1.29, 1.82) is 0 Å². The average molecular weight is 545 g/mol. The molecule has 3 atom stereocenters. The summed E-state index contributed by atoms with van der Waals surface area (Å²) in [5.74, 6) is -2.47. The Morgan fingerprint density at radius 2 is 1.81 bits per heavy atom. The van der Waals surface area contributed by atoms with Crippen molar-refractivity contribution in [1.82, 2.24) is 0 Å². The standard InChI is InChI=1S/C26H22Cl2N2O5S/c1-4-34-26(33)19-13(2)14(3)36-25(19)29-23(31)20-21(17-11-10-15(27)12-18(17)28)30(35-22(20)24(29)32)16-8-6-5-7-9-16/h5-12,20-22H,4H2,1-3H3/t20-,21+,22-/m0/s1. The number of thiophene rings is 1. The number of imide groups is 1. The Bertz CT molecular complexity index is 1380. The molecule has 3 aromatic rings. The zero-order valence-electron chi connectivity index (χ0n) is 19.7. The number of amides is 2. The predicted molar refractivity (Wildman–Crippen MR) is 139 cm³/mol. The lowest BCUT2D eigenvalue weighted by molar-refractivity contribution is -0.126. The third kappa shape index (κ3) is 3.89. The van der Waals surface area contributed by atoms with Gasteiger partial charge in [-0.3, -0.25) is 14.4 Å². The molecule has 0 radical (unpaired) electrons. The fourth-order valence-corrected chi connectivity index (χ4v) is 6.36. The molecule has 0 unspecified atom stereocenters. The van der Waals surface area contributed by atoms with E-state index >= 15 is 0 Å². The maximum absolute atomic E-state index is 14.0. The Balaban J connectivity index is 1.62. The zero-order chi connectivity index (χ0) is 25.7. The first-order valence-electron chi connectivity index (χ1n) is 11.4. The highest BCUT2D eigenvalue weighted by Gasteiger charge is 2.61. The fraction of sp³-hybridized carbons (Fsp3) is 0.269. The lowest BCUT2D eigenvalue weighted by atomic mass is 9.90. The molecular weight excluding hydrogens is 523 g/mol. The number of hydrogen-bond donors (Lipinski definition) is 0. The van der Waals surface area contributed by atoms with Crippen molar-refractivity contribution in [3.05, 3.63) is 80.1 Å². The molecule has 2 aromatic carbocycles. The summed E-state index contributed by atoms with van der Waals surface area (Å²) in [4.78, 5) is 48.5. The summed E-state index contributed by atoms with van der Waals surface area (Å²) in [6.45, 7) is 5.49. The number of carbonyl (C=O) groups excluding carboxylic acids is 3. The third-order valence-corrected chi connectivity index (χ3v) is 8.21. The maximum Gasteiger partial charge on any atom is 0.341 e. The molecule has 0 N–H and O–H groups in total. The molecule has 2 fully saturated rings. The molecule has 0 bridgehead atoms. The normalized spacial score (nSPS) is 21.3. The summed E-state index contributed by atoms with van der Waals surface area (Å²) in [5.41, 5.74) is 2.17. The van der Waals surface area contributed by atoms with Gasteiger partial charge in [-0.25, -0.2) is 14.8 Å². The fourth-order valence-electron chi connectivity index (χ4n) is 4.68. The molecule has 2 aliphatic rings. The molecule has 0 spiro atoms. The van der Waals surface area contributed by atoms with Gasteiger partial charge < -0.3 is 4.74 Å². The first kappa shape index (κ1) is 24.8. The van der Waals surface area contributed by atoms with Gasteiger partial charge in [0.25, 0.3) is 5.91 Å². The van der Waals surface area contributed by atoms with Crippen LogP contribution in [-0.4, -0.2) is 30.5 Å². The number of benzene rings is 2. The molecule has 10 heteroatoms. The van der Waals surface area contributed by atoms with Gasteiger partial charge in [0.2, 0.25) is 5.91 Å². The summed E-state index contributed by atoms with van der Waals surface area (Å²) in [6, 6.07) is 13.5. The zero-order valence-corrected chi connectivity index (χ0v) is 22.0. The lowest BCUT2D eigenvalue weighted by Gasteiger charge is -2.29. The highest BCUT2D eigenvalue weighted by Crippen LogP contribution is 2.50.